The summed E-state index contributed by atoms with van der Waals surface area (Å²) in [6.07, 6.45) is 0. The Labute approximate surface area is 169 Å². The number of ketones is 1. The second-order valence-corrected chi connectivity index (χ2v) is 8.22. The molecule has 3 rings (SSSR count). The van der Waals surface area contributed by atoms with E-state index in [1.165, 1.54) is 19.1 Å². The summed E-state index contributed by atoms with van der Waals surface area (Å²) in [4.78, 5) is 24.2. The number of hydrogen-bond acceptors (Lipinski definition) is 4. The maximum atomic E-state index is 12.5. The molecule has 0 saturated heterocycles. The van der Waals surface area contributed by atoms with Crippen LogP contribution in [0.15, 0.2) is 77.7 Å². The van der Waals surface area contributed by atoms with Gasteiger partial charge in [0.15, 0.2) is 5.78 Å². The fraction of sp³-hybridized carbons (Fsp3) is 0.0909. The standard InChI is InChI=1S/C22H20N2O4S/c1-15-13-18(22(26)23-19-8-6-7-17(14-19)16(2)25)11-12-21(15)24-29(27,28)20-9-4-3-5-10-20/h3-14,24H,1-2H3,(H,23,26). The summed E-state index contributed by atoms with van der Waals surface area (Å²) in [5.41, 5.74) is 2.39. The fourth-order valence-electron chi connectivity index (χ4n) is 2.74. The largest absolute Gasteiger partial charge is 0.322 e. The van der Waals surface area contributed by atoms with Crippen molar-refractivity contribution in [3.8, 4) is 0 Å². The molecule has 2 N–H and O–H groups in total. The predicted octanol–water partition coefficient (Wildman–Crippen LogP) is 4.25. The molecule has 6 nitrogen and oxygen atoms in total. The number of sulfonamides is 1. The van der Waals surface area contributed by atoms with E-state index in [0.29, 0.717) is 28.1 Å². The average Bonchev–Trinajstić information content (AvgIpc) is 2.70. The van der Waals surface area contributed by atoms with E-state index in [4.69, 9.17) is 0 Å². The van der Waals surface area contributed by atoms with Gasteiger partial charge in [-0.2, -0.15) is 0 Å². The van der Waals surface area contributed by atoms with Gasteiger partial charge in [0.2, 0.25) is 0 Å². The number of carbonyl (C=O) groups is 2. The number of Topliss-reactive ketones (excluding diaryl/α,β-unsaturated/α-hetero) is 1. The van der Waals surface area contributed by atoms with E-state index in [1.54, 1.807) is 67.6 Å². The lowest BCUT2D eigenvalue weighted by atomic mass is 10.1. The van der Waals surface area contributed by atoms with Gasteiger partial charge in [0.1, 0.15) is 0 Å². The highest BCUT2D eigenvalue weighted by atomic mass is 32.2. The zero-order valence-electron chi connectivity index (χ0n) is 16.0. The monoisotopic (exact) mass is 408 g/mol. The number of hydrogen-bond donors (Lipinski definition) is 2. The quantitative estimate of drug-likeness (QED) is 0.597. The smallest absolute Gasteiger partial charge is 0.261 e. The zero-order valence-corrected chi connectivity index (χ0v) is 16.8. The number of carbonyl (C=O) groups excluding carboxylic acids is 2. The Hall–Kier alpha value is -3.45. The third-order valence-corrected chi connectivity index (χ3v) is 5.69. The summed E-state index contributed by atoms with van der Waals surface area (Å²) in [7, 11) is -3.71. The molecule has 0 unspecified atom stereocenters. The maximum Gasteiger partial charge on any atom is 0.261 e. The number of rotatable bonds is 6. The van der Waals surface area contributed by atoms with Crippen molar-refractivity contribution in [2.24, 2.45) is 0 Å². The Kier molecular flexibility index (Phi) is 5.79. The SMILES string of the molecule is CC(=O)c1cccc(NC(=O)c2ccc(NS(=O)(=O)c3ccccc3)c(C)c2)c1. The highest BCUT2D eigenvalue weighted by Gasteiger charge is 2.16. The van der Waals surface area contributed by atoms with Crippen LogP contribution in [0.3, 0.4) is 0 Å². The van der Waals surface area contributed by atoms with E-state index in [9.17, 15) is 18.0 Å². The number of nitrogens with one attached hydrogen (secondary N) is 2. The number of amides is 1. The van der Waals surface area contributed by atoms with Crippen LogP contribution < -0.4 is 10.0 Å². The number of benzene rings is 3. The molecule has 0 aliphatic rings. The van der Waals surface area contributed by atoms with Gasteiger partial charge in [0.25, 0.3) is 15.9 Å². The minimum Gasteiger partial charge on any atom is -0.322 e. The van der Waals surface area contributed by atoms with Gasteiger partial charge in [-0.1, -0.05) is 30.3 Å². The molecular formula is C22H20N2O4S. The molecule has 0 saturated carbocycles. The van der Waals surface area contributed by atoms with Crippen molar-refractivity contribution in [1.29, 1.82) is 0 Å². The summed E-state index contributed by atoms with van der Waals surface area (Å²) >= 11 is 0. The fourth-order valence-corrected chi connectivity index (χ4v) is 3.89. The van der Waals surface area contributed by atoms with Gasteiger partial charge in [0.05, 0.1) is 10.6 Å². The summed E-state index contributed by atoms with van der Waals surface area (Å²) < 4.78 is 27.5. The van der Waals surface area contributed by atoms with Crippen molar-refractivity contribution >= 4 is 33.1 Å². The van der Waals surface area contributed by atoms with Crippen molar-refractivity contribution in [3.63, 3.8) is 0 Å². The highest BCUT2D eigenvalue weighted by molar-refractivity contribution is 7.92. The second-order valence-electron chi connectivity index (χ2n) is 6.54. The Morgan fingerprint density at radius 3 is 2.21 bits per heavy atom. The van der Waals surface area contributed by atoms with Gasteiger partial charge < -0.3 is 5.32 Å². The van der Waals surface area contributed by atoms with Crippen molar-refractivity contribution in [2.75, 3.05) is 10.0 Å². The van der Waals surface area contributed by atoms with Gasteiger partial charge in [-0.25, -0.2) is 8.42 Å². The molecule has 0 spiro atoms. The molecule has 0 bridgehead atoms. The molecule has 0 radical (unpaired) electrons. The molecule has 0 heterocycles. The predicted molar refractivity (Wildman–Crippen MR) is 113 cm³/mol. The van der Waals surface area contributed by atoms with Gasteiger partial charge >= 0.3 is 0 Å². The Balaban J connectivity index is 1.78. The highest BCUT2D eigenvalue weighted by Crippen LogP contribution is 2.22. The topological polar surface area (TPSA) is 92.3 Å². The first-order chi connectivity index (χ1) is 13.8. The van der Waals surface area contributed by atoms with Crippen LogP contribution in [0.25, 0.3) is 0 Å². The first kappa shape index (κ1) is 20.3. The second kappa shape index (κ2) is 8.28. The maximum absolute atomic E-state index is 12.5. The van der Waals surface area contributed by atoms with E-state index in [1.807, 2.05) is 0 Å². The van der Waals surface area contributed by atoms with Gasteiger partial charge in [0, 0.05) is 16.8 Å². The number of anilines is 2. The Morgan fingerprint density at radius 2 is 1.55 bits per heavy atom. The van der Waals surface area contributed by atoms with Crippen LogP contribution in [0.2, 0.25) is 0 Å². The summed E-state index contributed by atoms with van der Waals surface area (Å²) in [6.45, 7) is 3.18. The lowest BCUT2D eigenvalue weighted by Gasteiger charge is -2.12. The van der Waals surface area contributed by atoms with E-state index in [2.05, 4.69) is 10.0 Å². The molecule has 29 heavy (non-hydrogen) atoms. The molecule has 0 aliphatic heterocycles. The van der Waals surface area contributed by atoms with Crippen molar-refractivity contribution in [2.45, 2.75) is 18.7 Å². The van der Waals surface area contributed by atoms with Crippen LogP contribution in [-0.4, -0.2) is 20.1 Å². The van der Waals surface area contributed by atoms with Crippen LogP contribution in [-0.2, 0) is 10.0 Å². The minimum absolute atomic E-state index is 0.0907. The van der Waals surface area contributed by atoms with Gasteiger partial charge in [-0.15, -0.1) is 0 Å². The summed E-state index contributed by atoms with van der Waals surface area (Å²) in [5.74, 6) is -0.446. The first-order valence-corrected chi connectivity index (χ1v) is 10.4. The lowest BCUT2D eigenvalue weighted by molar-refractivity contribution is 0.101. The molecule has 3 aromatic rings. The molecule has 148 valence electrons. The van der Waals surface area contributed by atoms with Crippen LogP contribution in [0.5, 0.6) is 0 Å². The summed E-state index contributed by atoms with van der Waals surface area (Å²) in [6, 6.07) is 19.4. The lowest BCUT2D eigenvalue weighted by Crippen LogP contribution is -2.15. The Morgan fingerprint density at radius 1 is 0.828 bits per heavy atom. The van der Waals surface area contributed by atoms with Crippen LogP contribution >= 0.6 is 0 Å². The van der Waals surface area contributed by atoms with Gasteiger partial charge in [-0.05, 0) is 61.9 Å². The van der Waals surface area contributed by atoms with Crippen LogP contribution in [0, 0.1) is 6.92 Å². The molecule has 0 fully saturated rings. The van der Waals surface area contributed by atoms with E-state index >= 15 is 0 Å². The van der Waals surface area contributed by atoms with E-state index < -0.39 is 10.0 Å². The molecule has 3 aromatic carbocycles. The van der Waals surface area contributed by atoms with Crippen molar-refractivity contribution in [3.05, 3.63) is 89.5 Å². The summed E-state index contributed by atoms with van der Waals surface area (Å²) in [5, 5.41) is 2.74. The zero-order chi connectivity index (χ0) is 21.0. The molecular weight excluding hydrogens is 388 g/mol. The van der Waals surface area contributed by atoms with E-state index in [0.717, 1.165) is 0 Å². The molecule has 7 heteroatoms. The van der Waals surface area contributed by atoms with Crippen LogP contribution in [0.1, 0.15) is 33.2 Å². The third kappa shape index (κ3) is 4.89. The van der Waals surface area contributed by atoms with E-state index in [-0.39, 0.29) is 16.6 Å². The minimum atomic E-state index is -3.71. The van der Waals surface area contributed by atoms with Crippen molar-refractivity contribution in [1.82, 2.24) is 0 Å². The molecule has 1 amide bonds. The number of aryl methyl sites for hydroxylation is 1. The molecule has 0 aromatic heterocycles. The third-order valence-electron chi connectivity index (χ3n) is 4.31. The van der Waals surface area contributed by atoms with Gasteiger partial charge in [-0.3, -0.25) is 14.3 Å². The molecule has 0 aliphatic carbocycles. The molecule has 0 atom stereocenters. The normalized spacial score (nSPS) is 11.0. The first-order valence-electron chi connectivity index (χ1n) is 8.87. The average molecular weight is 408 g/mol. The van der Waals surface area contributed by atoms with Crippen LogP contribution in [0.4, 0.5) is 11.4 Å². The van der Waals surface area contributed by atoms with Crippen molar-refractivity contribution < 1.29 is 18.0 Å². The Bertz CT molecular complexity index is 1170.